The van der Waals surface area contributed by atoms with Crippen molar-refractivity contribution in [2.75, 3.05) is 26.2 Å². The zero-order valence-corrected chi connectivity index (χ0v) is 16.3. The molecule has 0 heterocycles. The maximum Gasteiger partial charge on any atom is 0.237 e. The summed E-state index contributed by atoms with van der Waals surface area (Å²) in [6.45, 7) is 6.27. The van der Waals surface area contributed by atoms with E-state index in [4.69, 9.17) is 5.73 Å². The van der Waals surface area contributed by atoms with E-state index in [9.17, 15) is 9.59 Å². The predicted octanol–water partition coefficient (Wildman–Crippen LogP) is 2.62. The third-order valence-electron chi connectivity index (χ3n) is 4.50. The molecule has 0 bridgehead atoms. The van der Waals surface area contributed by atoms with Gasteiger partial charge < -0.3 is 10.6 Å². The van der Waals surface area contributed by atoms with Crippen LogP contribution in [0.3, 0.4) is 0 Å². The van der Waals surface area contributed by atoms with Crippen LogP contribution in [0.1, 0.15) is 17.5 Å². The molecule has 0 aliphatic carbocycles. The summed E-state index contributed by atoms with van der Waals surface area (Å²) < 4.78 is 0. The number of rotatable bonds is 12. The first-order chi connectivity index (χ1) is 13.6. The average molecular weight is 380 g/mol. The third kappa shape index (κ3) is 7.76. The van der Waals surface area contributed by atoms with Gasteiger partial charge >= 0.3 is 0 Å². The molecule has 0 aliphatic rings. The van der Waals surface area contributed by atoms with E-state index in [1.807, 2.05) is 54.6 Å². The number of primary amides is 1. The molecular weight excluding hydrogens is 350 g/mol. The Hall–Kier alpha value is -2.92. The van der Waals surface area contributed by atoms with Crippen LogP contribution >= 0.6 is 0 Å². The van der Waals surface area contributed by atoms with Crippen LogP contribution in [0.2, 0.25) is 0 Å². The quantitative estimate of drug-likeness (QED) is 0.577. The Morgan fingerprint density at radius 2 is 1.54 bits per heavy atom. The number of nitrogens with zero attached hydrogens (tertiary/aromatic N) is 2. The van der Waals surface area contributed by atoms with Crippen molar-refractivity contribution in [1.29, 1.82) is 0 Å². The summed E-state index contributed by atoms with van der Waals surface area (Å²) in [6.07, 6.45) is 2.83. The van der Waals surface area contributed by atoms with Crippen molar-refractivity contribution >= 4 is 11.8 Å². The number of benzene rings is 2. The van der Waals surface area contributed by atoms with E-state index in [0.717, 1.165) is 18.5 Å². The second-order valence-corrected chi connectivity index (χ2v) is 6.78. The Balaban J connectivity index is 2.00. The molecule has 0 spiro atoms. The zero-order chi connectivity index (χ0) is 20.2. The molecule has 2 amide bonds. The van der Waals surface area contributed by atoms with Crippen LogP contribution in [0.5, 0.6) is 0 Å². The highest BCUT2D eigenvalue weighted by Gasteiger charge is 2.18. The van der Waals surface area contributed by atoms with Gasteiger partial charge in [-0.05, 0) is 17.5 Å². The van der Waals surface area contributed by atoms with Crippen molar-refractivity contribution in [3.8, 4) is 0 Å². The summed E-state index contributed by atoms with van der Waals surface area (Å²) in [5, 5.41) is 0. The second-order valence-electron chi connectivity index (χ2n) is 6.78. The molecule has 0 aromatic heterocycles. The Kier molecular flexibility index (Phi) is 8.95. The van der Waals surface area contributed by atoms with Gasteiger partial charge in [-0.2, -0.15) is 0 Å². The smallest absolute Gasteiger partial charge is 0.237 e. The molecule has 5 nitrogen and oxygen atoms in total. The lowest BCUT2D eigenvalue weighted by Gasteiger charge is -2.27. The van der Waals surface area contributed by atoms with Gasteiger partial charge in [0, 0.05) is 32.6 Å². The summed E-state index contributed by atoms with van der Waals surface area (Å²) in [5.74, 6) is -0.419. The van der Waals surface area contributed by atoms with Crippen LogP contribution in [0, 0.1) is 0 Å². The highest BCUT2D eigenvalue weighted by Crippen LogP contribution is 2.08. The minimum atomic E-state index is -0.405. The van der Waals surface area contributed by atoms with Gasteiger partial charge in [-0.25, -0.2) is 0 Å². The van der Waals surface area contributed by atoms with Crippen LogP contribution in [0.25, 0.3) is 0 Å². The van der Waals surface area contributed by atoms with Gasteiger partial charge in [-0.15, -0.1) is 6.58 Å². The number of hydrogen-bond acceptors (Lipinski definition) is 3. The first-order valence-corrected chi connectivity index (χ1v) is 9.55. The maximum absolute atomic E-state index is 13.0. The molecule has 2 aromatic rings. The molecule has 2 N–H and O–H groups in total. The number of nitrogens with two attached hydrogens (primary N) is 1. The Morgan fingerprint density at radius 1 is 0.929 bits per heavy atom. The summed E-state index contributed by atoms with van der Waals surface area (Å²) >= 11 is 0. The van der Waals surface area contributed by atoms with Crippen LogP contribution < -0.4 is 5.73 Å². The lowest BCUT2D eigenvalue weighted by molar-refractivity contribution is -0.133. The molecule has 2 aromatic carbocycles. The fraction of sp³-hybridized carbons (Fsp3) is 0.304. The summed E-state index contributed by atoms with van der Waals surface area (Å²) in [6, 6.07) is 20.0. The highest BCUT2D eigenvalue weighted by molar-refractivity contribution is 5.79. The van der Waals surface area contributed by atoms with E-state index < -0.39 is 5.91 Å². The number of amides is 2. The Bertz CT molecular complexity index is 747. The molecule has 5 heteroatoms. The van der Waals surface area contributed by atoms with Gasteiger partial charge in [0.1, 0.15) is 0 Å². The van der Waals surface area contributed by atoms with Crippen molar-refractivity contribution in [3.05, 3.63) is 84.4 Å². The lowest BCUT2D eigenvalue weighted by atomic mass is 10.1. The van der Waals surface area contributed by atoms with Crippen molar-refractivity contribution in [2.45, 2.75) is 19.4 Å². The summed E-state index contributed by atoms with van der Waals surface area (Å²) in [5.41, 5.74) is 7.56. The van der Waals surface area contributed by atoms with Crippen molar-refractivity contribution in [1.82, 2.24) is 9.80 Å². The molecule has 0 unspecified atom stereocenters. The van der Waals surface area contributed by atoms with Gasteiger partial charge in [0.05, 0.1) is 6.54 Å². The molecular formula is C23H29N3O2. The Morgan fingerprint density at radius 3 is 2.11 bits per heavy atom. The molecule has 0 saturated heterocycles. The predicted molar refractivity (Wildman–Crippen MR) is 112 cm³/mol. The van der Waals surface area contributed by atoms with Gasteiger partial charge in [-0.3, -0.25) is 14.5 Å². The van der Waals surface area contributed by atoms with Gasteiger partial charge in [0.25, 0.3) is 0 Å². The SMILES string of the molecule is C=CCN(CCc1ccccc1)CC(=O)N(CCC(N)=O)Cc1ccccc1. The van der Waals surface area contributed by atoms with Crippen LogP contribution in [0.15, 0.2) is 73.3 Å². The minimum Gasteiger partial charge on any atom is -0.370 e. The largest absolute Gasteiger partial charge is 0.370 e. The first kappa shape index (κ1) is 21.4. The molecule has 0 fully saturated rings. The monoisotopic (exact) mass is 379 g/mol. The van der Waals surface area contributed by atoms with Gasteiger partial charge in [-0.1, -0.05) is 66.7 Å². The van der Waals surface area contributed by atoms with Crippen LogP contribution in [-0.4, -0.2) is 47.8 Å². The Labute approximate surface area is 167 Å². The van der Waals surface area contributed by atoms with Crippen LogP contribution in [0.4, 0.5) is 0 Å². The highest BCUT2D eigenvalue weighted by atomic mass is 16.2. The first-order valence-electron chi connectivity index (χ1n) is 9.55. The average Bonchev–Trinajstić information content (AvgIpc) is 2.70. The van der Waals surface area contributed by atoms with E-state index >= 15 is 0 Å². The summed E-state index contributed by atoms with van der Waals surface area (Å²) in [4.78, 5) is 28.0. The lowest BCUT2D eigenvalue weighted by Crippen LogP contribution is -2.42. The molecule has 0 radical (unpaired) electrons. The third-order valence-corrected chi connectivity index (χ3v) is 4.50. The molecule has 0 aliphatic heterocycles. The molecule has 148 valence electrons. The second kappa shape index (κ2) is 11.7. The van der Waals surface area contributed by atoms with Gasteiger partial charge in [0.2, 0.25) is 11.8 Å². The molecule has 28 heavy (non-hydrogen) atoms. The fourth-order valence-corrected chi connectivity index (χ4v) is 2.98. The molecule has 0 atom stereocenters. The standard InChI is InChI=1S/C23H29N3O2/c1-2-15-25(16-13-20-9-5-3-6-10-20)19-23(28)26(17-14-22(24)27)18-21-11-7-4-8-12-21/h2-12H,1,13-19H2,(H2,24,27). The van der Waals surface area contributed by atoms with E-state index in [1.54, 1.807) is 4.90 Å². The topological polar surface area (TPSA) is 66.6 Å². The van der Waals surface area contributed by atoms with E-state index in [0.29, 0.717) is 19.6 Å². The van der Waals surface area contributed by atoms with E-state index in [1.165, 1.54) is 5.56 Å². The normalized spacial score (nSPS) is 10.6. The molecule has 2 rings (SSSR count). The number of carbonyl (C=O) groups is 2. The fourth-order valence-electron chi connectivity index (χ4n) is 2.98. The zero-order valence-electron chi connectivity index (χ0n) is 16.3. The summed E-state index contributed by atoms with van der Waals surface area (Å²) in [7, 11) is 0. The molecule has 0 saturated carbocycles. The van der Waals surface area contributed by atoms with Crippen molar-refractivity contribution in [3.63, 3.8) is 0 Å². The maximum atomic E-state index is 13.0. The van der Waals surface area contributed by atoms with E-state index in [2.05, 4.69) is 23.6 Å². The number of hydrogen-bond donors (Lipinski definition) is 1. The van der Waals surface area contributed by atoms with Crippen molar-refractivity contribution in [2.24, 2.45) is 5.73 Å². The van der Waals surface area contributed by atoms with E-state index in [-0.39, 0.29) is 18.9 Å². The number of carbonyl (C=O) groups excluding carboxylic acids is 2. The minimum absolute atomic E-state index is 0.0139. The van der Waals surface area contributed by atoms with Crippen molar-refractivity contribution < 1.29 is 9.59 Å². The van der Waals surface area contributed by atoms with Crippen LogP contribution in [-0.2, 0) is 22.6 Å². The van der Waals surface area contributed by atoms with Gasteiger partial charge in [0.15, 0.2) is 0 Å².